The number of rotatable bonds is 4. The number of anilines is 1. The van der Waals surface area contributed by atoms with Gasteiger partial charge in [0.2, 0.25) is 6.79 Å². The molecule has 0 radical (unpaired) electrons. The molecule has 130 valence electrons. The summed E-state index contributed by atoms with van der Waals surface area (Å²) in [5, 5.41) is 23.2. The van der Waals surface area contributed by atoms with Crippen LogP contribution in [0.2, 0.25) is 0 Å². The summed E-state index contributed by atoms with van der Waals surface area (Å²) < 4.78 is 10.3. The van der Waals surface area contributed by atoms with Crippen LogP contribution >= 0.6 is 0 Å². The number of fused-ring (bicyclic) bond motifs is 1. The molecule has 0 aromatic heterocycles. The van der Waals surface area contributed by atoms with E-state index < -0.39 is 10.8 Å². The van der Waals surface area contributed by atoms with Crippen molar-refractivity contribution in [3.05, 3.63) is 63.2 Å². The summed E-state index contributed by atoms with van der Waals surface area (Å²) in [6, 6.07) is 11.4. The lowest BCUT2D eigenvalue weighted by Crippen LogP contribution is -2.13. The Labute approximate surface area is 148 Å². The molecule has 0 aliphatic carbocycles. The number of carbonyl (C=O) groups excluding carboxylic acids is 1. The Kier molecular flexibility index (Phi) is 4.53. The number of benzene rings is 2. The van der Waals surface area contributed by atoms with Gasteiger partial charge in [0.05, 0.1) is 16.6 Å². The molecule has 2 aromatic carbocycles. The van der Waals surface area contributed by atoms with E-state index in [4.69, 9.17) is 9.47 Å². The SMILES string of the molecule is Cc1ccc(NC(=O)/C(C#N)=C/c2cc3c(cc2[N+](=O)[O-])OCO3)cc1. The fraction of sp³-hybridized carbons (Fsp3) is 0.111. The van der Waals surface area contributed by atoms with Crippen LogP contribution in [0.4, 0.5) is 11.4 Å². The molecular formula is C18H13N3O5. The lowest BCUT2D eigenvalue weighted by atomic mass is 10.1. The fourth-order valence-corrected chi connectivity index (χ4v) is 2.36. The van der Waals surface area contributed by atoms with Gasteiger partial charge in [0.15, 0.2) is 11.5 Å². The quantitative estimate of drug-likeness (QED) is 0.391. The zero-order valence-corrected chi connectivity index (χ0v) is 13.7. The van der Waals surface area contributed by atoms with E-state index in [9.17, 15) is 20.2 Å². The number of hydrogen-bond donors (Lipinski definition) is 1. The molecule has 8 nitrogen and oxygen atoms in total. The minimum atomic E-state index is -0.664. The van der Waals surface area contributed by atoms with Gasteiger partial charge in [-0.1, -0.05) is 17.7 Å². The smallest absolute Gasteiger partial charge is 0.280 e. The van der Waals surface area contributed by atoms with E-state index in [1.54, 1.807) is 18.2 Å². The molecule has 0 fully saturated rings. The van der Waals surface area contributed by atoms with E-state index >= 15 is 0 Å². The van der Waals surface area contributed by atoms with Gasteiger partial charge in [-0.25, -0.2) is 0 Å². The van der Waals surface area contributed by atoms with Crippen molar-refractivity contribution >= 4 is 23.4 Å². The number of ether oxygens (including phenoxy) is 2. The largest absolute Gasteiger partial charge is 0.454 e. The number of hydrogen-bond acceptors (Lipinski definition) is 6. The number of aryl methyl sites for hydroxylation is 1. The molecule has 0 atom stereocenters. The highest BCUT2D eigenvalue weighted by atomic mass is 16.7. The predicted octanol–water partition coefficient (Wildman–Crippen LogP) is 3.18. The van der Waals surface area contributed by atoms with E-state index in [1.165, 1.54) is 12.1 Å². The lowest BCUT2D eigenvalue weighted by Gasteiger charge is -2.05. The summed E-state index contributed by atoms with van der Waals surface area (Å²) in [5.41, 5.74) is 1.06. The topological polar surface area (TPSA) is 114 Å². The van der Waals surface area contributed by atoms with Crippen molar-refractivity contribution in [2.45, 2.75) is 6.92 Å². The third-order valence-corrected chi connectivity index (χ3v) is 3.69. The molecule has 2 aromatic rings. The molecule has 1 heterocycles. The molecule has 0 saturated heterocycles. The minimum absolute atomic E-state index is 0.0430. The first kappa shape index (κ1) is 17.0. The monoisotopic (exact) mass is 351 g/mol. The van der Waals surface area contributed by atoms with Gasteiger partial charge >= 0.3 is 0 Å². The van der Waals surface area contributed by atoms with Gasteiger partial charge in [0.25, 0.3) is 11.6 Å². The first-order valence-corrected chi connectivity index (χ1v) is 7.56. The molecule has 3 rings (SSSR count). The number of carbonyl (C=O) groups is 1. The van der Waals surface area contributed by atoms with Crippen molar-refractivity contribution in [2.24, 2.45) is 0 Å². The van der Waals surface area contributed by atoms with Crippen LogP contribution in [0.15, 0.2) is 42.0 Å². The number of nitriles is 1. The summed E-state index contributed by atoms with van der Waals surface area (Å²) in [6.45, 7) is 1.86. The maximum atomic E-state index is 12.3. The van der Waals surface area contributed by atoms with Crippen LogP contribution in [-0.4, -0.2) is 17.6 Å². The van der Waals surface area contributed by atoms with Gasteiger partial charge in [0, 0.05) is 5.69 Å². The van der Waals surface area contributed by atoms with Crippen molar-refractivity contribution < 1.29 is 19.2 Å². The van der Waals surface area contributed by atoms with Gasteiger partial charge in [-0.3, -0.25) is 14.9 Å². The van der Waals surface area contributed by atoms with Crippen LogP contribution in [0.5, 0.6) is 11.5 Å². The van der Waals surface area contributed by atoms with E-state index in [2.05, 4.69) is 5.32 Å². The third kappa shape index (κ3) is 3.47. The van der Waals surface area contributed by atoms with Crippen molar-refractivity contribution in [1.29, 1.82) is 5.26 Å². The predicted molar refractivity (Wildman–Crippen MR) is 92.6 cm³/mol. The van der Waals surface area contributed by atoms with Crippen molar-refractivity contribution in [2.75, 3.05) is 12.1 Å². The van der Waals surface area contributed by atoms with Gasteiger partial charge < -0.3 is 14.8 Å². The molecule has 0 spiro atoms. The lowest BCUT2D eigenvalue weighted by molar-refractivity contribution is -0.385. The average Bonchev–Trinajstić information content (AvgIpc) is 3.08. The average molecular weight is 351 g/mol. The minimum Gasteiger partial charge on any atom is -0.454 e. The maximum Gasteiger partial charge on any atom is 0.280 e. The maximum absolute atomic E-state index is 12.3. The highest BCUT2D eigenvalue weighted by molar-refractivity contribution is 6.10. The molecule has 26 heavy (non-hydrogen) atoms. The summed E-state index contributed by atoms with van der Waals surface area (Å²) >= 11 is 0. The second-order valence-corrected chi connectivity index (χ2v) is 5.51. The number of nitro benzene ring substituents is 1. The van der Waals surface area contributed by atoms with Gasteiger partial charge in [0.1, 0.15) is 11.6 Å². The summed E-state index contributed by atoms with van der Waals surface area (Å²) in [6.07, 6.45) is 1.16. The van der Waals surface area contributed by atoms with Crippen molar-refractivity contribution in [3.63, 3.8) is 0 Å². The molecule has 8 heteroatoms. The Hall–Kier alpha value is -3.86. The molecule has 0 bridgehead atoms. The van der Waals surface area contributed by atoms with E-state index in [-0.39, 0.29) is 29.4 Å². The van der Waals surface area contributed by atoms with Crippen LogP contribution in [0.3, 0.4) is 0 Å². The molecule has 0 saturated carbocycles. The Morgan fingerprint density at radius 1 is 1.27 bits per heavy atom. The van der Waals surface area contributed by atoms with Gasteiger partial charge in [-0.15, -0.1) is 0 Å². The van der Waals surface area contributed by atoms with Crippen molar-refractivity contribution in [1.82, 2.24) is 0 Å². The molecule has 1 aliphatic rings. The normalized spacial score (nSPS) is 12.4. The standard InChI is InChI=1S/C18H13N3O5/c1-11-2-4-14(5-3-11)20-18(22)13(9-19)6-12-7-16-17(26-10-25-16)8-15(12)21(23)24/h2-8H,10H2,1H3,(H,20,22)/b13-6+. The highest BCUT2D eigenvalue weighted by Crippen LogP contribution is 2.38. The van der Waals surface area contributed by atoms with Crippen LogP contribution in [0, 0.1) is 28.4 Å². The zero-order valence-electron chi connectivity index (χ0n) is 13.7. The Bertz CT molecular complexity index is 958. The first-order valence-electron chi connectivity index (χ1n) is 7.56. The summed E-state index contributed by atoms with van der Waals surface area (Å²) in [7, 11) is 0. The van der Waals surface area contributed by atoms with E-state index in [0.29, 0.717) is 11.4 Å². The van der Waals surface area contributed by atoms with Crippen LogP contribution in [0.1, 0.15) is 11.1 Å². The molecular weight excluding hydrogens is 338 g/mol. The molecule has 1 amide bonds. The zero-order chi connectivity index (χ0) is 18.7. The van der Waals surface area contributed by atoms with Gasteiger partial charge in [-0.2, -0.15) is 5.26 Å². The van der Waals surface area contributed by atoms with Crippen LogP contribution in [-0.2, 0) is 4.79 Å². The molecule has 0 unspecified atom stereocenters. The van der Waals surface area contributed by atoms with E-state index in [1.807, 2.05) is 19.1 Å². The van der Waals surface area contributed by atoms with Gasteiger partial charge in [-0.05, 0) is 31.2 Å². The molecule has 1 aliphatic heterocycles. The number of nitrogens with one attached hydrogen (secondary N) is 1. The highest BCUT2D eigenvalue weighted by Gasteiger charge is 2.23. The Balaban J connectivity index is 1.93. The first-order chi connectivity index (χ1) is 12.5. The fourth-order valence-electron chi connectivity index (χ4n) is 2.36. The number of amides is 1. The summed E-state index contributed by atoms with van der Waals surface area (Å²) in [4.78, 5) is 23.0. The van der Waals surface area contributed by atoms with Crippen LogP contribution < -0.4 is 14.8 Å². The second-order valence-electron chi connectivity index (χ2n) is 5.51. The number of nitro groups is 1. The Morgan fingerprint density at radius 2 is 1.92 bits per heavy atom. The number of nitrogens with zero attached hydrogens (tertiary/aromatic N) is 2. The third-order valence-electron chi connectivity index (χ3n) is 3.69. The summed E-state index contributed by atoms with van der Waals surface area (Å²) in [5.74, 6) is -0.0992. The second kappa shape index (κ2) is 6.94. The van der Waals surface area contributed by atoms with E-state index in [0.717, 1.165) is 11.6 Å². The van der Waals surface area contributed by atoms with Crippen molar-refractivity contribution in [3.8, 4) is 17.6 Å². The Morgan fingerprint density at radius 3 is 2.54 bits per heavy atom. The van der Waals surface area contributed by atoms with Crippen LogP contribution in [0.25, 0.3) is 6.08 Å². The molecule has 1 N–H and O–H groups in total.